The fraction of sp³-hybridized carbons (Fsp3) is 0.467. The number of imidazole rings is 1. The molecule has 2 aromatic rings. The summed E-state index contributed by atoms with van der Waals surface area (Å²) in [5.74, 6) is 0. The van der Waals surface area contributed by atoms with Crippen LogP contribution in [0.4, 0.5) is 4.79 Å². The minimum absolute atomic E-state index is 0.184. The van der Waals surface area contributed by atoms with Gasteiger partial charge in [-0.3, -0.25) is 0 Å². The first-order valence-corrected chi connectivity index (χ1v) is 7.07. The Hall–Kier alpha value is -2.08. The molecule has 0 aromatic carbocycles. The molecule has 0 aliphatic rings. The number of amides is 2. The average Bonchev–Trinajstić information content (AvgIpc) is 2.82. The van der Waals surface area contributed by atoms with Gasteiger partial charge in [0.2, 0.25) is 0 Å². The summed E-state index contributed by atoms with van der Waals surface area (Å²) in [7, 11) is 1.66. The molecule has 2 N–H and O–H groups in total. The van der Waals surface area contributed by atoms with E-state index in [0.29, 0.717) is 19.5 Å². The van der Waals surface area contributed by atoms with Crippen molar-refractivity contribution < 1.29 is 9.90 Å². The van der Waals surface area contributed by atoms with Crippen LogP contribution in [0.15, 0.2) is 24.5 Å². The highest BCUT2D eigenvalue weighted by atomic mass is 16.3. The van der Waals surface area contributed by atoms with E-state index in [4.69, 9.17) is 0 Å². The maximum atomic E-state index is 11.8. The molecular formula is C15H22N4O2. The zero-order chi connectivity index (χ0) is 15.4. The number of likely N-dealkylation sites (N-methyl/N-ethyl adjacent to an activating group) is 1. The summed E-state index contributed by atoms with van der Waals surface area (Å²) in [6, 6.07) is 3.83. The van der Waals surface area contributed by atoms with E-state index in [9.17, 15) is 9.90 Å². The van der Waals surface area contributed by atoms with Crippen molar-refractivity contribution in [3.63, 3.8) is 0 Å². The van der Waals surface area contributed by atoms with Gasteiger partial charge in [-0.05, 0) is 25.5 Å². The largest absolute Gasteiger partial charge is 0.392 e. The van der Waals surface area contributed by atoms with E-state index < -0.39 is 6.10 Å². The van der Waals surface area contributed by atoms with E-state index in [0.717, 1.165) is 16.9 Å². The van der Waals surface area contributed by atoms with Crippen LogP contribution in [0.25, 0.3) is 5.65 Å². The molecule has 0 aliphatic carbocycles. The first-order chi connectivity index (χ1) is 9.97. The molecule has 0 saturated carbocycles. The Kier molecular flexibility index (Phi) is 4.80. The van der Waals surface area contributed by atoms with Gasteiger partial charge in [-0.2, -0.15) is 0 Å². The topological polar surface area (TPSA) is 69.9 Å². The zero-order valence-corrected chi connectivity index (χ0v) is 12.7. The predicted molar refractivity (Wildman–Crippen MR) is 81.3 cm³/mol. The second-order valence-electron chi connectivity index (χ2n) is 5.37. The molecule has 1 unspecified atom stereocenters. The first kappa shape index (κ1) is 15.3. The van der Waals surface area contributed by atoms with Gasteiger partial charge in [0.25, 0.3) is 0 Å². The van der Waals surface area contributed by atoms with Crippen molar-refractivity contribution in [2.45, 2.75) is 26.4 Å². The van der Waals surface area contributed by atoms with Crippen LogP contribution in [0, 0.1) is 6.92 Å². The molecule has 6 nitrogen and oxygen atoms in total. The third kappa shape index (κ3) is 3.95. The molecule has 2 aromatic heterocycles. The number of aliphatic hydroxyl groups is 1. The van der Waals surface area contributed by atoms with Crippen molar-refractivity contribution in [2.24, 2.45) is 0 Å². The van der Waals surface area contributed by atoms with Gasteiger partial charge in [-0.25, -0.2) is 9.78 Å². The summed E-state index contributed by atoms with van der Waals surface area (Å²) in [4.78, 5) is 17.8. The number of aromatic nitrogens is 2. The fourth-order valence-electron chi connectivity index (χ4n) is 2.24. The van der Waals surface area contributed by atoms with E-state index in [2.05, 4.69) is 10.3 Å². The monoisotopic (exact) mass is 290 g/mol. The number of nitrogens with one attached hydrogen (secondary N) is 1. The summed E-state index contributed by atoms with van der Waals surface area (Å²) >= 11 is 0. The number of rotatable bonds is 5. The summed E-state index contributed by atoms with van der Waals surface area (Å²) in [6.07, 6.45) is 4.10. The van der Waals surface area contributed by atoms with Gasteiger partial charge in [-0.1, -0.05) is 6.07 Å². The van der Waals surface area contributed by atoms with Gasteiger partial charge in [0, 0.05) is 39.0 Å². The minimum Gasteiger partial charge on any atom is -0.392 e. The molecule has 2 amide bonds. The molecule has 2 heterocycles. The number of pyridine rings is 1. The standard InChI is InChI=1S/C15H22N4O2/c1-11-5-4-8-19-10-13(17-14(11)19)6-7-16-15(21)18(3)9-12(2)20/h4-5,8,10,12,20H,6-7,9H2,1-3H3,(H,16,21). The van der Waals surface area contributed by atoms with Gasteiger partial charge in [-0.15, -0.1) is 0 Å². The number of carbonyl (C=O) groups excluding carboxylic acids is 1. The molecule has 0 fully saturated rings. The number of fused-ring (bicyclic) bond motifs is 1. The average molecular weight is 290 g/mol. The summed E-state index contributed by atoms with van der Waals surface area (Å²) in [5, 5.41) is 12.1. The summed E-state index contributed by atoms with van der Waals surface area (Å²) in [6.45, 7) is 4.52. The fourth-order valence-corrected chi connectivity index (χ4v) is 2.24. The molecule has 6 heteroatoms. The number of carbonyl (C=O) groups is 1. The van der Waals surface area contributed by atoms with Gasteiger partial charge in [0.1, 0.15) is 5.65 Å². The van der Waals surface area contributed by atoms with Crippen LogP contribution in [-0.4, -0.2) is 51.7 Å². The maximum Gasteiger partial charge on any atom is 0.317 e. The number of aryl methyl sites for hydroxylation is 1. The molecule has 0 saturated heterocycles. The molecule has 0 bridgehead atoms. The highest BCUT2D eigenvalue weighted by molar-refractivity contribution is 5.73. The van der Waals surface area contributed by atoms with E-state index >= 15 is 0 Å². The second-order valence-corrected chi connectivity index (χ2v) is 5.37. The van der Waals surface area contributed by atoms with Gasteiger partial charge < -0.3 is 19.7 Å². The van der Waals surface area contributed by atoms with Crippen LogP contribution in [0.1, 0.15) is 18.2 Å². The predicted octanol–water partition coefficient (Wildman–Crippen LogP) is 1.21. The molecule has 1 atom stereocenters. The number of urea groups is 1. The quantitative estimate of drug-likeness (QED) is 0.869. The third-order valence-electron chi connectivity index (χ3n) is 3.27. The number of nitrogens with zero attached hydrogens (tertiary/aromatic N) is 3. The summed E-state index contributed by atoms with van der Waals surface area (Å²) < 4.78 is 1.99. The first-order valence-electron chi connectivity index (χ1n) is 7.07. The van der Waals surface area contributed by atoms with Crippen LogP contribution in [-0.2, 0) is 6.42 Å². The van der Waals surface area contributed by atoms with Crippen molar-refractivity contribution in [3.8, 4) is 0 Å². The van der Waals surface area contributed by atoms with E-state index in [1.165, 1.54) is 4.90 Å². The van der Waals surface area contributed by atoms with Gasteiger partial charge in [0.05, 0.1) is 11.8 Å². The lowest BCUT2D eigenvalue weighted by atomic mass is 10.3. The van der Waals surface area contributed by atoms with E-state index in [1.807, 2.05) is 35.9 Å². The second kappa shape index (κ2) is 6.58. The summed E-state index contributed by atoms with van der Waals surface area (Å²) in [5.41, 5.74) is 3.03. The SMILES string of the molecule is Cc1cccn2cc(CCNC(=O)N(C)CC(C)O)nc12. The van der Waals surface area contributed by atoms with Crippen LogP contribution in [0.3, 0.4) is 0 Å². The normalized spacial score (nSPS) is 12.4. The Morgan fingerprint density at radius 1 is 1.57 bits per heavy atom. The highest BCUT2D eigenvalue weighted by Gasteiger charge is 2.10. The molecule has 2 rings (SSSR count). The Balaban J connectivity index is 1.87. The smallest absolute Gasteiger partial charge is 0.317 e. The molecule has 114 valence electrons. The number of hydrogen-bond donors (Lipinski definition) is 2. The van der Waals surface area contributed by atoms with E-state index in [1.54, 1.807) is 14.0 Å². The number of aliphatic hydroxyl groups excluding tert-OH is 1. The molecular weight excluding hydrogens is 268 g/mol. The van der Waals surface area contributed by atoms with Crippen molar-refractivity contribution in [1.29, 1.82) is 0 Å². The Morgan fingerprint density at radius 3 is 3.00 bits per heavy atom. The zero-order valence-electron chi connectivity index (χ0n) is 12.7. The van der Waals surface area contributed by atoms with Gasteiger partial charge in [0.15, 0.2) is 0 Å². The molecule has 21 heavy (non-hydrogen) atoms. The van der Waals surface area contributed by atoms with Crippen molar-refractivity contribution in [3.05, 3.63) is 35.8 Å². The third-order valence-corrected chi connectivity index (χ3v) is 3.27. The molecule has 0 radical (unpaired) electrons. The van der Waals surface area contributed by atoms with Crippen LogP contribution in [0.2, 0.25) is 0 Å². The van der Waals surface area contributed by atoms with Crippen molar-refractivity contribution >= 4 is 11.7 Å². The number of hydrogen-bond acceptors (Lipinski definition) is 3. The Bertz CT molecular complexity index is 621. The lowest BCUT2D eigenvalue weighted by Crippen LogP contribution is -2.41. The van der Waals surface area contributed by atoms with Crippen molar-refractivity contribution in [2.75, 3.05) is 20.1 Å². The lowest BCUT2D eigenvalue weighted by Gasteiger charge is -2.19. The maximum absolute atomic E-state index is 11.8. The molecule has 0 spiro atoms. The minimum atomic E-state index is -0.526. The van der Waals surface area contributed by atoms with Gasteiger partial charge >= 0.3 is 6.03 Å². The highest BCUT2D eigenvalue weighted by Crippen LogP contribution is 2.09. The van der Waals surface area contributed by atoms with Crippen LogP contribution < -0.4 is 5.32 Å². The van der Waals surface area contributed by atoms with Crippen LogP contribution >= 0.6 is 0 Å². The Labute approximate surface area is 124 Å². The van der Waals surface area contributed by atoms with E-state index in [-0.39, 0.29) is 6.03 Å². The molecule has 0 aliphatic heterocycles. The van der Waals surface area contributed by atoms with Crippen molar-refractivity contribution in [1.82, 2.24) is 19.6 Å². The lowest BCUT2D eigenvalue weighted by molar-refractivity contribution is 0.144. The van der Waals surface area contributed by atoms with Crippen LogP contribution in [0.5, 0.6) is 0 Å². The Morgan fingerprint density at radius 2 is 2.33 bits per heavy atom.